The molecule has 1 heterocycles. The second-order valence-electron chi connectivity index (χ2n) is 6.51. The minimum absolute atomic E-state index is 0.0577. The van der Waals surface area contributed by atoms with E-state index in [1.807, 2.05) is 20.8 Å². The van der Waals surface area contributed by atoms with Crippen LogP contribution in [0.25, 0.3) is 0 Å². The van der Waals surface area contributed by atoms with Gasteiger partial charge >= 0.3 is 12.1 Å². The molecule has 1 aliphatic heterocycles. The molecule has 0 aromatic heterocycles. The molecule has 1 saturated heterocycles. The molecule has 1 amide bonds. The second kappa shape index (κ2) is 7.64. The van der Waals surface area contributed by atoms with Crippen LogP contribution in [0.5, 0.6) is 0 Å². The van der Waals surface area contributed by atoms with Gasteiger partial charge in [-0.25, -0.2) is 4.79 Å². The molecule has 6 nitrogen and oxygen atoms in total. The smallest absolute Gasteiger partial charge is 0.410 e. The number of hydrogen-bond acceptors (Lipinski definition) is 5. The molecule has 2 atom stereocenters. The lowest BCUT2D eigenvalue weighted by atomic mass is 9.88. The number of methoxy groups -OCH3 is 1. The van der Waals surface area contributed by atoms with E-state index in [2.05, 4.69) is 0 Å². The Morgan fingerprint density at radius 2 is 2.00 bits per heavy atom. The van der Waals surface area contributed by atoms with Crippen LogP contribution in [0, 0.1) is 5.92 Å². The van der Waals surface area contributed by atoms with Crippen molar-refractivity contribution in [3.8, 4) is 0 Å². The summed E-state index contributed by atoms with van der Waals surface area (Å²) in [5.74, 6) is -0.384. The van der Waals surface area contributed by atoms with Gasteiger partial charge in [0, 0.05) is 18.5 Å². The molecule has 0 saturated carbocycles. The number of piperidine rings is 1. The Morgan fingerprint density at radius 1 is 1.33 bits per heavy atom. The maximum atomic E-state index is 12.3. The predicted octanol–water partition coefficient (Wildman–Crippen LogP) is 1.91. The van der Waals surface area contributed by atoms with Crippen molar-refractivity contribution in [1.82, 2.24) is 4.90 Å². The number of carbonyl (C=O) groups is 2. The van der Waals surface area contributed by atoms with Crippen LogP contribution in [0.2, 0.25) is 0 Å². The summed E-state index contributed by atoms with van der Waals surface area (Å²) in [6, 6.07) is -0.0577. The normalized spacial score (nSPS) is 20.8. The Labute approximate surface area is 126 Å². The fraction of sp³-hybridized carbons (Fsp3) is 0.867. The first kappa shape index (κ1) is 17.8. The highest BCUT2D eigenvalue weighted by molar-refractivity contribution is 5.71. The number of rotatable bonds is 4. The average molecular weight is 300 g/mol. The van der Waals surface area contributed by atoms with Crippen molar-refractivity contribution in [3.05, 3.63) is 0 Å². The van der Waals surface area contributed by atoms with E-state index in [1.165, 1.54) is 7.11 Å². The second-order valence-corrected chi connectivity index (χ2v) is 6.51. The van der Waals surface area contributed by atoms with Gasteiger partial charge in [0.2, 0.25) is 0 Å². The molecule has 1 rings (SSSR count). The summed E-state index contributed by atoms with van der Waals surface area (Å²) in [4.78, 5) is 25.6. The topological polar surface area (TPSA) is 81.9 Å². The van der Waals surface area contributed by atoms with Crippen molar-refractivity contribution >= 4 is 12.1 Å². The summed E-state index contributed by atoms with van der Waals surface area (Å²) < 4.78 is 10.2. The Kier molecular flexibility index (Phi) is 6.45. The van der Waals surface area contributed by atoms with Crippen LogP contribution in [-0.4, -0.2) is 48.8 Å². The predicted molar refractivity (Wildman–Crippen MR) is 79.8 cm³/mol. The SMILES string of the molecule is COC(=O)CC(CN)C1CCCCN1C(=O)OC(C)(C)C. The lowest BCUT2D eigenvalue weighted by Crippen LogP contribution is -2.51. The van der Waals surface area contributed by atoms with E-state index in [1.54, 1.807) is 4.90 Å². The molecule has 21 heavy (non-hydrogen) atoms. The van der Waals surface area contributed by atoms with Gasteiger partial charge in [0.05, 0.1) is 13.5 Å². The molecular weight excluding hydrogens is 272 g/mol. The third-order valence-corrected chi connectivity index (χ3v) is 3.68. The van der Waals surface area contributed by atoms with Crippen LogP contribution in [0.4, 0.5) is 4.79 Å². The first-order chi connectivity index (χ1) is 9.78. The molecule has 0 radical (unpaired) electrons. The quantitative estimate of drug-likeness (QED) is 0.802. The van der Waals surface area contributed by atoms with Gasteiger partial charge in [-0.05, 0) is 46.6 Å². The number of hydrogen-bond donors (Lipinski definition) is 1. The first-order valence-corrected chi connectivity index (χ1v) is 7.55. The van der Waals surface area contributed by atoms with Gasteiger partial charge in [-0.1, -0.05) is 0 Å². The average Bonchev–Trinajstić information content (AvgIpc) is 2.42. The van der Waals surface area contributed by atoms with Crippen molar-refractivity contribution in [2.75, 3.05) is 20.2 Å². The van der Waals surface area contributed by atoms with Crippen molar-refractivity contribution < 1.29 is 19.1 Å². The number of nitrogens with two attached hydrogens (primary N) is 1. The highest BCUT2D eigenvalue weighted by Gasteiger charge is 2.35. The van der Waals surface area contributed by atoms with E-state index in [-0.39, 0.29) is 30.4 Å². The molecule has 2 N–H and O–H groups in total. The summed E-state index contributed by atoms with van der Waals surface area (Å²) in [6.45, 7) is 6.53. The van der Waals surface area contributed by atoms with E-state index in [0.717, 1.165) is 19.3 Å². The summed E-state index contributed by atoms with van der Waals surface area (Å²) >= 11 is 0. The van der Waals surface area contributed by atoms with Crippen LogP contribution < -0.4 is 5.73 Å². The lowest BCUT2D eigenvalue weighted by Gasteiger charge is -2.40. The lowest BCUT2D eigenvalue weighted by molar-refractivity contribution is -0.142. The summed E-state index contributed by atoms with van der Waals surface area (Å²) in [5, 5.41) is 0. The molecule has 0 spiro atoms. The summed E-state index contributed by atoms with van der Waals surface area (Å²) in [5.41, 5.74) is 5.28. The molecule has 2 unspecified atom stereocenters. The van der Waals surface area contributed by atoms with E-state index in [0.29, 0.717) is 13.1 Å². The number of likely N-dealkylation sites (tertiary alicyclic amines) is 1. The maximum absolute atomic E-state index is 12.3. The van der Waals surface area contributed by atoms with Crippen LogP contribution in [-0.2, 0) is 14.3 Å². The van der Waals surface area contributed by atoms with Crippen LogP contribution in [0.1, 0.15) is 46.5 Å². The van der Waals surface area contributed by atoms with Gasteiger partial charge in [0.15, 0.2) is 0 Å². The molecule has 0 aromatic carbocycles. The largest absolute Gasteiger partial charge is 0.469 e. The third-order valence-electron chi connectivity index (χ3n) is 3.68. The van der Waals surface area contributed by atoms with Crippen molar-refractivity contribution in [1.29, 1.82) is 0 Å². The molecule has 0 aliphatic carbocycles. The van der Waals surface area contributed by atoms with Gasteiger partial charge in [-0.15, -0.1) is 0 Å². The maximum Gasteiger partial charge on any atom is 0.410 e. The monoisotopic (exact) mass is 300 g/mol. The fourth-order valence-corrected chi connectivity index (χ4v) is 2.67. The Bertz CT molecular complexity index is 365. The molecular formula is C15H28N2O4. The minimum Gasteiger partial charge on any atom is -0.469 e. The Balaban J connectivity index is 2.79. The van der Waals surface area contributed by atoms with Gasteiger partial charge < -0.3 is 20.1 Å². The van der Waals surface area contributed by atoms with Gasteiger partial charge in [-0.2, -0.15) is 0 Å². The number of amides is 1. The van der Waals surface area contributed by atoms with Crippen LogP contribution >= 0.6 is 0 Å². The standard InChI is InChI=1S/C15H28N2O4/c1-15(2,3)21-14(19)17-8-6-5-7-12(17)11(10-16)9-13(18)20-4/h11-12H,5-10,16H2,1-4H3. The Hall–Kier alpha value is -1.30. The zero-order valence-electron chi connectivity index (χ0n) is 13.6. The fourth-order valence-electron chi connectivity index (χ4n) is 2.67. The van der Waals surface area contributed by atoms with E-state index in [9.17, 15) is 9.59 Å². The van der Waals surface area contributed by atoms with Crippen LogP contribution in [0.3, 0.4) is 0 Å². The molecule has 6 heteroatoms. The first-order valence-electron chi connectivity index (χ1n) is 7.55. The third kappa shape index (κ3) is 5.53. The Morgan fingerprint density at radius 3 is 2.52 bits per heavy atom. The highest BCUT2D eigenvalue weighted by Crippen LogP contribution is 2.27. The molecule has 122 valence electrons. The van der Waals surface area contributed by atoms with Gasteiger partial charge in [0.25, 0.3) is 0 Å². The highest BCUT2D eigenvalue weighted by atomic mass is 16.6. The van der Waals surface area contributed by atoms with Crippen molar-refractivity contribution in [3.63, 3.8) is 0 Å². The molecule has 1 fully saturated rings. The van der Waals surface area contributed by atoms with Crippen molar-refractivity contribution in [2.24, 2.45) is 11.7 Å². The summed E-state index contributed by atoms with van der Waals surface area (Å²) in [7, 11) is 1.36. The zero-order valence-corrected chi connectivity index (χ0v) is 13.6. The van der Waals surface area contributed by atoms with E-state index >= 15 is 0 Å². The summed E-state index contributed by atoms with van der Waals surface area (Å²) in [6.07, 6.45) is 2.73. The number of carbonyl (C=O) groups excluding carboxylic acids is 2. The van der Waals surface area contributed by atoms with Crippen molar-refractivity contribution in [2.45, 2.75) is 58.1 Å². The molecule has 0 bridgehead atoms. The van der Waals surface area contributed by atoms with Gasteiger partial charge in [0.1, 0.15) is 5.60 Å². The number of nitrogens with zero attached hydrogens (tertiary/aromatic N) is 1. The number of ether oxygens (including phenoxy) is 2. The van der Waals surface area contributed by atoms with Crippen LogP contribution in [0.15, 0.2) is 0 Å². The van der Waals surface area contributed by atoms with E-state index in [4.69, 9.17) is 15.2 Å². The number of esters is 1. The minimum atomic E-state index is -0.528. The zero-order chi connectivity index (χ0) is 16.0. The van der Waals surface area contributed by atoms with E-state index < -0.39 is 5.60 Å². The van der Waals surface area contributed by atoms with Gasteiger partial charge in [-0.3, -0.25) is 4.79 Å². The molecule has 0 aromatic rings. The molecule has 1 aliphatic rings.